The maximum absolute atomic E-state index is 11.8. The minimum absolute atomic E-state index is 0. The SMILES string of the molecule is CN=C(NCCCC(=O)Nc1ccc(Cl)cc1)NCC1CC1.I. The molecule has 7 heteroatoms. The van der Waals surface area contributed by atoms with Gasteiger partial charge in [0, 0.05) is 37.3 Å². The lowest BCUT2D eigenvalue weighted by atomic mass is 10.2. The molecule has 1 fully saturated rings. The summed E-state index contributed by atoms with van der Waals surface area (Å²) < 4.78 is 0. The molecule has 0 radical (unpaired) electrons. The van der Waals surface area contributed by atoms with Gasteiger partial charge >= 0.3 is 0 Å². The molecule has 23 heavy (non-hydrogen) atoms. The van der Waals surface area contributed by atoms with Gasteiger partial charge in [-0.3, -0.25) is 9.79 Å². The highest BCUT2D eigenvalue weighted by atomic mass is 127. The van der Waals surface area contributed by atoms with Crippen molar-refractivity contribution in [2.75, 3.05) is 25.5 Å². The van der Waals surface area contributed by atoms with Gasteiger partial charge in [-0.2, -0.15) is 0 Å². The molecule has 0 spiro atoms. The van der Waals surface area contributed by atoms with E-state index in [1.165, 1.54) is 12.8 Å². The molecule has 128 valence electrons. The molecule has 0 aliphatic heterocycles. The van der Waals surface area contributed by atoms with Crippen LogP contribution in [-0.4, -0.2) is 32.0 Å². The minimum atomic E-state index is 0. The first-order chi connectivity index (χ1) is 10.7. The van der Waals surface area contributed by atoms with E-state index < -0.39 is 0 Å². The number of rotatable bonds is 7. The maximum Gasteiger partial charge on any atom is 0.224 e. The number of benzene rings is 1. The zero-order chi connectivity index (χ0) is 15.8. The molecule has 1 aliphatic carbocycles. The zero-order valence-electron chi connectivity index (χ0n) is 13.3. The molecule has 0 unspecified atom stereocenters. The largest absolute Gasteiger partial charge is 0.356 e. The Balaban J connectivity index is 0.00000264. The van der Waals surface area contributed by atoms with Gasteiger partial charge in [0.05, 0.1) is 0 Å². The van der Waals surface area contributed by atoms with E-state index in [0.29, 0.717) is 11.4 Å². The first kappa shape index (κ1) is 20.0. The summed E-state index contributed by atoms with van der Waals surface area (Å²) >= 11 is 5.80. The molecule has 0 atom stereocenters. The van der Waals surface area contributed by atoms with E-state index in [0.717, 1.165) is 37.1 Å². The highest BCUT2D eigenvalue weighted by molar-refractivity contribution is 14.0. The van der Waals surface area contributed by atoms with Crippen LogP contribution in [0.1, 0.15) is 25.7 Å². The molecule has 3 N–H and O–H groups in total. The van der Waals surface area contributed by atoms with Crippen LogP contribution in [0.3, 0.4) is 0 Å². The van der Waals surface area contributed by atoms with Crippen molar-refractivity contribution >= 4 is 53.1 Å². The van der Waals surface area contributed by atoms with Gasteiger partial charge in [0.15, 0.2) is 5.96 Å². The van der Waals surface area contributed by atoms with E-state index in [1.54, 1.807) is 31.3 Å². The average Bonchev–Trinajstić information content (AvgIpc) is 3.33. The van der Waals surface area contributed by atoms with E-state index in [1.807, 2.05) is 0 Å². The van der Waals surface area contributed by atoms with Crippen LogP contribution in [0.15, 0.2) is 29.3 Å². The lowest BCUT2D eigenvalue weighted by Crippen LogP contribution is -2.38. The average molecular weight is 451 g/mol. The number of anilines is 1. The first-order valence-electron chi connectivity index (χ1n) is 7.67. The zero-order valence-corrected chi connectivity index (χ0v) is 16.4. The van der Waals surface area contributed by atoms with E-state index in [4.69, 9.17) is 11.6 Å². The highest BCUT2D eigenvalue weighted by Crippen LogP contribution is 2.27. The van der Waals surface area contributed by atoms with Crippen molar-refractivity contribution in [2.45, 2.75) is 25.7 Å². The molecule has 1 aliphatic rings. The van der Waals surface area contributed by atoms with Gasteiger partial charge in [0.2, 0.25) is 5.91 Å². The lowest BCUT2D eigenvalue weighted by Gasteiger charge is -2.11. The Kier molecular flexibility index (Phi) is 9.31. The Labute approximate surface area is 159 Å². The summed E-state index contributed by atoms with van der Waals surface area (Å²) in [5, 5.41) is 10.0. The molecule has 0 saturated heterocycles. The molecule has 0 heterocycles. The Hall–Kier alpha value is -1.02. The van der Waals surface area contributed by atoms with Crippen LogP contribution in [0.4, 0.5) is 5.69 Å². The monoisotopic (exact) mass is 450 g/mol. The van der Waals surface area contributed by atoms with Gasteiger partial charge in [0.1, 0.15) is 0 Å². The number of amides is 1. The molecule has 0 bridgehead atoms. The molecule has 1 aromatic carbocycles. The van der Waals surface area contributed by atoms with Crippen LogP contribution in [-0.2, 0) is 4.79 Å². The second kappa shape index (κ2) is 10.7. The Morgan fingerprint density at radius 1 is 1.26 bits per heavy atom. The third-order valence-electron chi connectivity index (χ3n) is 3.48. The third-order valence-corrected chi connectivity index (χ3v) is 3.73. The van der Waals surface area contributed by atoms with E-state index in [9.17, 15) is 4.79 Å². The molecule has 0 aromatic heterocycles. The van der Waals surface area contributed by atoms with Crippen molar-refractivity contribution in [3.05, 3.63) is 29.3 Å². The molecular weight excluding hydrogens is 427 g/mol. The van der Waals surface area contributed by atoms with Crippen molar-refractivity contribution < 1.29 is 4.79 Å². The van der Waals surface area contributed by atoms with E-state index >= 15 is 0 Å². The molecule has 1 amide bonds. The topological polar surface area (TPSA) is 65.5 Å². The van der Waals surface area contributed by atoms with E-state index in [-0.39, 0.29) is 29.9 Å². The second-order valence-electron chi connectivity index (χ2n) is 5.48. The van der Waals surface area contributed by atoms with Crippen molar-refractivity contribution in [1.82, 2.24) is 10.6 Å². The number of aliphatic imine (C=N–C) groups is 1. The standard InChI is InChI=1S/C16H23ClN4O.HI/c1-18-16(20-11-12-4-5-12)19-10-2-3-15(22)21-14-8-6-13(17)7-9-14;/h6-9,12H,2-5,10-11H2,1H3,(H,21,22)(H2,18,19,20);1H. The molecule has 1 aromatic rings. The summed E-state index contributed by atoms with van der Waals surface area (Å²) in [5.74, 6) is 1.62. The normalized spacial score (nSPS) is 13.9. The van der Waals surface area contributed by atoms with Crippen LogP contribution < -0.4 is 16.0 Å². The molecular formula is C16H24ClIN4O. The lowest BCUT2D eigenvalue weighted by molar-refractivity contribution is -0.116. The van der Waals surface area contributed by atoms with Crippen molar-refractivity contribution in [2.24, 2.45) is 10.9 Å². The van der Waals surface area contributed by atoms with Gasteiger partial charge < -0.3 is 16.0 Å². The second-order valence-corrected chi connectivity index (χ2v) is 5.92. The number of carbonyl (C=O) groups excluding carboxylic acids is 1. The number of guanidine groups is 1. The quantitative estimate of drug-likeness (QED) is 0.259. The van der Waals surface area contributed by atoms with Crippen molar-refractivity contribution in [3.8, 4) is 0 Å². The Morgan fingerprint density at radius 2 is 1.96 bits per heavy atom. The fourth-order valence-corrected chi connectivity index (χ4v) is 2.12. The summed E-state index contributed by atoms with van der Waals surface area (Å²) in [6.45, 7) is 1.70. The van der Waals surface area contributed by atoms with Gasteiger partial charge in [-0.25, -0.2) is 0 Å². The molecule has 1 saturated carbocycles. The van der Waals surface area contributed by atoms with E-state index in [2.05, 4.69) is 20.9 Å². The predicted molar refractivity (Wildman–Crippen MR) is 107 cm³/mol. The summed E-state index contributed by atoms with van der Waals surface area (Å²) in [5.41, 5.74) is 0.768. The molecule has 2 rings (SSSR count). The minimum Gasteiger partial charge on any atom is -0.356 e. The predicted octanol–water partition coefficient (Wildman–Crippen LogP) is 3.25. The summed E-state index contributed by atoms with van der Waals surface area (Å²) in [7, 11) is 1.76. The fourth-order valence-electron chi connectivity index (χ4n) is 2.00. The number of halogens is 2. The molecule has 5 nitrogen and oxygen atoms in total. The van der Waals surface area contributed by atoms with Gasteiger partial charge in [-0.1, -0.05) is 11.6 Å². The van der Waals surface area contributed by atoms with Crippen LogP contribution in [0.2, 0.25) is 5.02 Å². The third kappa shape index (κ3) is 8.41. The summed E-state index contributed by atoms with van der Waals surface area (Å²) in [6.07, 6.45) is 3.85. The van der Waals surface area contributed by atoms with Crippen LogP contribution in [0.5, 0.6) is 0 Å². The van der Waals surface area contributed by atoms with Crippen LogP contribution in [0.25, 0.3) is 0 Å². The summed E-state index contributed by atoms with van der Waals surface area (Å²) in [6, 6.07) is 7.10. The maximum atomic E-state index is 11.8. The van der Waals surface area contributed by atoms with Crippen LogP contribution >= 0.6 is 35.6 Å². The van der Waals surface area contributed by atoms with Crippen molar-refractivity contribution in [1.29, 1.82) is 0 Å². The Morgan fingerprint density at radius 3 is 2.57 bits per heavy atom. The van der Waals surface area contributed by atoms with Crippen LogP contribution in [0, 0.1) is 5.92 Å². The van der Waals surface area contributed by atoms with Gasteiger partial charge in [-0.05, 0) is 49.4 Å². The number of hydrogen-bond donors (Lipinski definition) is 3. The smallest absolute Gasteiger partial charge is 0.224 e. The first-order valence-corrected chi connectivity index (χ1v) is 8.05. The fraction of sp³-hybridized carbons (Fsp3) is 0.500. The number of nitrogens with one attached hydrogen (secondary N) is 3. The van der Waals surface area contributed by atoms with Gasteiger partial charge in [-0.15, -0.1) is 24.0 Å². The number of hydrogen-bond acceptors (Lipinski definition) is 2. The number of nitrogens with zero attached hydrogens (tertiary/aromatic N) is 1. The summed E-state index contributed by atoms with van der Waals surface area (Å²) in [4.78, 5) is 16.0. The Bertz CT molecular complexity index is 517. The van der Waals surface area contributed by atoms with Gasteiger partial charge in [0.25, 0.3) is 0 Å². The van der Waals surface area contributed by atoms with Crippen molar-refractivity contribution in [3.63, 3.8) is 0 Å². The number of carbonyl (C=O) groups is 1. The highest BCUT2D eigenvalue weighted by Gasteiger charge is 2.20.